The Morgan fingerprint density at radius 3 is 2.59 bits per heavy atom. The number of ether oxygens (including phenoxy) is 1. The first kappa shape index (κ1) is 15.5. The molecule has 1 aliphatic carbocycles. The fraction of sp³-hybridized carbons (Fsp3) is 0.765. The van der Waals surface area contributed by atoms with Gasteiger partial charge in [-0.3, -0.25) is 0 Å². The molecule has 2 aliphatic rings. The van der Waals surface area contributed by atoms with E-state index in [1.807, 2.05) is 0 Å². The Labute approximate surface area is 133 Å². The van der Waals surface area contributed by atoms with E-state index in [2.05, 4.69) is 23.8 Å². The molecule has 0 spiro atoms. The average Bonchev–Trinajstić information content (AvgIpc) is 2.55. The van der Waals surface area contributed by atoms with E-state index < -0.39 is 0 Å². The summed E-state index contributed by atoms with van der Waals surface area (Å²) in [4.78, 5) is 14.3. The Balaban J connectivity index is 1.82. The highest BCUT2D eigenvalue weighted by Crippen LogP contribution is 2.29. The third-order valence-electron chi connectivity index (χ3n) is 4.66. The summed E-state index contributed by atoms with van der Waals surface area (Å²) in [6, 6.07) is 0. The molecule has 0 atom stereocenters. The zero-order chi connectivity index (χ0) is 15.4. The number of rotatable bonds is 5. The molecular weight excluding hydrogens is 276 g/mol. The van der Waals surface area contributed by atoms with Crippen molar-refractivity contribution < 1.29 is 4.74 Å². The molecule has 1 aromatic rings. The minimum atomic E-state index is 0.766. The fourth-order valence-electron chi connectivity index (χ4n) is 3.13. The summed E-state index contributed by atoms with van der Waals surface area (Å²) in [6.07, 6.45) is 6.85. The van der Waals surface area contributed by atoms with E-state index in [-0.39, 0.29) is 0 Å². The summed E-state index contributed by atoms with van der Waals surface area (Å²) in [7, 11) is 2.17. The number of aryl methyl sites for hydroxylation is 1. The van der Waals surface area contributed by atoms with Crippen LogP contribution in [0.3, 0.4) is 0 Å². The molecule has 1 aliphatic heterocycles. The van der Waals surface area contributed by atoms with Gasteiger partial charge in [-0.05, 0) is 39.2 Å². The summed E-state index contributed by atoms with van der Waals surface area (Å²) in [5, 5.41) is 0. The number of hydrogen-bond acceptors (Lipinski definition) is 5. The van der Waals surface area contributed by atoms with E-state index in [0.717, 1.165) is 70.3 Å². The molecule has 0 bridgehead atoms. The van der Waals surface area contributed by atoms with Gasteiger partial charge in [0.2, 0.25) is 11.8 Å². The van der Waals surface area contributed by atoms with Crippen molar-refractivity contribution in [2.24, 2.45) is 0 Å². The first-order valence-corrected chi connectivity index (χ1v) is 8.74. The van der Waals surface area contributed by atoms with Crippen LogP contribution in [0.4, 0.5) is 5.95 Å². The highest BCUT2D eigenvalue weighted by Gasteiger charge is 2.23. The maximum Gasteiger partial charge on any atom is 0.228 e. The summed E-state index contributed by atoms with van der Waals surface area (Å²) < 4.78 is 6.01. The van der Waals surface area contributed by atoms with Crippen molar-refractivity contribution in [3.05, 3.63) is 11.3 Å². The third-order valence-corrected chi connectivity index (χ3v) is 4.66. The maximum absolute atomic E-state index is 6.01. The van der Waals surface area contributed by atoms with E-state index in [9.17, 15) is 0 Å². The lowest BCUT2D eigenvalue weighted by Crippen LogP contribution is -2.45. The topological polar surface area (TPSA) is 41.5 Å². The van der Waals surface area contributed by atoms with Crippen LogP contribution in [-0.4, -0.2) is 54.7 Å². The summed E-state index contributed by atoms with van der Waals surface area (Å²) in [5.41, 5.74) is 2.49. The number of anilines is 1. The summed E-state index contributed by atoms with van der Waals surface area (Å²) in [5.74, 6) is 1.73. The Kier molecular flexibility index (Phi) is 5.13. The van der Waals surface area contributed by atoms with Crippen LogP contribution in [0.15, 0.2) is 0 Å². The van der Waals surface area contributed by atoms with Crippen LogP contribution < -0.4 is 9.64 Å². The molecule has 3 rings (SSSR count). The zero-order valence-corrected chi connectivity index (χ0v) is 14.0. The minimum Gasteiger partial charge on any atom is -0.477 e. The van der Waals surface area contributed by atoms with Gasteiger partial charge in [-0.2, -0.15) is 4.98 Å². The van der Waals surface area contributed by atoms with Crippen LogP contribution in [0, 0.1) is 0 Å². The SMILES string of the molecule is CCCCOc1nc(N2CCN(C)CC2)nc2c1CCCC2. The molecule has 5 heteroatoms. The molecular formula is C17H28N4O. The molecule has 5 nitrogen and oxygen atoms in total. The predicted molar refractivity (Wildman–Crippen MR) is 88.8 cm³/mol. The van der Waals surface area contributed by atoms with Gasteiger partial charge in [-0.25, -0.2) is 4.98 Å². The van der Waals surface area contributed by atoms with Crippen LogP contribution >= 0.6 is 0 Å². The first-order chi connectivity index (χ1) is 10.8. The molecule has 1 aromatic heterocycles. The molecule has 0 amide bonds. The molecule has 0 aromatic carbocycles. The summed E-state index contributed by atoms with van der Waals surface area (Å²) in [6.45, 7) is 7.11. The monoisotopic (exact) mass is 304 g/mol. The van der Waals surface area contributed by atoms with Gasteiger partial charge < -0.3 is 14.5 Å². The standard InChI is InChI=1S/C17H28N4O/c1-3-4-13-22-16-14-7-5-6-8-15(14)18-17(19-16)21-11-9-20(2)10-12-21/h3-13H2,1-2H3. The Bertz CT molecular complexity index is 498. The van der Waals surface area contributed by atoms with Crippen LogP contribution in [0.25, 0.3) is 0 Å². The molecule has 0 saturated carbocycles. The second kappa shape index (κ2) is 7.27. The zero-order valence-electron chi connectivity index (χ0n) is 14.0. The fourth-order valence-corrected chi connectivity index (χ4v) is 3.13. The number of nitrogens with zero attached hydrogens (tertiary/aromatic N) is 4. The van der Waals surface area contributed by atoms with Gasteiger partial charge in [0.25, 0.3) is 0 Å². The summed E-state index contributed by atoms with van der Waals surface area (Å²) >= 11 is 0. The van der Waals surface area contributed by atoms with Gasteiger partial charge >= 0.3 is 0 Å². The maximum atomic E-state index is 6.01. The van der Waals surface area contributed by atoms with Gasteiger partial charge in [0.05, 0.1) is 12.3 Å². The molecule has 1 saturated heterocycles. The lowest BCUT2D eigenvalue weighted by Gasteiger charge is -2.33. The second-order valence-electron chi connectivity index (χ2n) is 6.45. The normalized spacial score (nSPS) is 19.1. The minimum absolute atomic E-state index is 0.766. The number of likely N-dealkylation sites (N-methyl/N-ethyl adjacent to an activating group) is 1. The second-order valence-corrected chi connectivity index (χ2v) is 6.45. The van der Waals surface area contributed by atoms with Crippen LogP contribution in [0.2, 0.25) is 0 Å². The van der Waals surface area contributed by atoms with Gasteiger partial charge in [0.1, 0.15) is 0 Å². The van der Waals surface area contributed by atoms with Gasteiger partial charge in [0, 0.05) is 31.7 Å². The lowest BCUT2D eigenvalue weighted by molar-refractivity contribution is 0.289. The van der Waals surface area contributed by atoms with Crippen molar-refractivity contribution in [3.8, 4) is 5.88 Å². The molecule has 22 heavy (non-hydrogen) atoms. The highest BCUT2D eigenvalue weighted by atomic mass is 16.5. The smallest absolute Gasteiger partial charge is 0.228 e. The van der Waals surface area contributed by atoms with Gasteiger partial charge in [0.15, 0.2) is 0 Å². The van der Waals surface area contributed by atoms with E-state index >= 15 is 0 Å². The van der Waals surface area contributed by atoms with Crippen molar-refractivity contribution in [1.82, 2.24) is 14.9 Å². The Hall–Kier alpha value is -1.36. The van der Waals surface area contributed by atoms with E-state index in [0.29, 0.717) is 0 Å². The molecule has 0 N–H and O–H groups in total. The van der Waals surface area contributed by atoms with Crippen molar-refractivity contribution in [3.63, 3.8) is 0 Å². The van der Waals surface area contributed by atoms with E-state index in [4.69, 9.17) is 14.7 Å². The van der Waals surface area contributed by atoms with E-state index in [1.165, 1.54) is 24.1 Å². The van der Waals surface area contributed by atoms with Crippen LogP contribution in [0.1, 0.15) is 43.9 Å². The van der Waals surface area contributed by atoms with Crippen LogP contribution in [-0.2, 0) is 12.8 Å². The van der Waals surface area contributed by atoms with Crippen molar-refractivity contribution in [2.45, 2.75) is 45.4 Å². The molecule has 2 heterocycles. The average molecular weight is 304 g/mol. The van der Waals surface area contributed by atoms with Crippen molar-refractivity contribution in [1.29, 1.82) is 0 Å². The molecule has 122 valence electrons. The molecule has 0 unspecified atom stereocenters. The molecule has 1 fully saturated rings. The number of piperazine rings is 1. The van der Waals surface area contributed by atoms with Crippen molar-refractivity contribution in [2.75, 3.05) is 44.7 Å². The van der Waals surface area contributed by atoms with Crippen LogP contribution in [0.5, 0.6) is 5.88 Å². The van der Waals surface area contributed by atoms with Crippen molar-refractivity contribution >= 4 is 5.95 Å². The highest BCUT2D eigenvalue weighted by molar-refractivity contribution is 5.42. The first-order valence-electron chi connectivity index (χ1n) is 8.74. The number of aromatic nitrogens is 2. The van der Waals surface area contributed by atoms with E-state index in [1.54, 1.807) is 0 Å². The third kappa shape index (κ3) is 3.51. The quantitative estimate of drug-likeness (QED) is 0.781. The largest absolute Gasteiger partial charge is 0.477 e. The van der Waals surface area contributed by atoms with Gasteiger partial charge in [-0.15, -0.1) is 0 Å². The predicted octanol–water partition coefficient (Wildman–Crippen LogP) is 2.29. The Morgan fingerprint density at radius 2 is 1.82 bits per heavy atom. The Morgan fingerprint density at radius 1 is 1.05 bits per heavy atom. The number of fused-ring (bicyclic) bond motifs is 1. The lowest BCUT2D eigenvalue weighted by atomic mass is 9.97. The number of hydrogen-bond donors (Lipinski definition) is 0. The number of unbranched alkanes of at least 4 members (excludes halogenated alkanes) is 1. The van der Waals surface area contributed by atoms with Gasteiger partial charge in [-0.1, -0.05) is 13.3 Å². The molecule has 0 radical (unpaired) electrons.